The van der Waals surface area contributed by atoms with E-state index in [1.54, 1.807) is 11.3 Å². The second-order valence-corrected chi connectivity index (χ2v) is 6.23. The van der Waals surface area contributed by atoms with Gasteiger partial charge in [-0.3, -0.25) is 5.10 Å². The number of H-pyrrole nitrogens is 1. The Kier molecular flexibility index (Phi) is 5.16. The highest BCUT2D eigenvalue weighted by molar-refractivity contribution is 7.13. The molecule has 0 radical (unpaired) electrons. The van der Waals surface area contributed by atoms with Crippen molar-refractivity contribution in [1.29, 1.82) is 0 Å². The molecule has 2 atom stereocenters. The highest BCUT2D eigenvalue weighted by atomic mass is 32.1. The summed E-state index contributed by atoms with van der Waals surface area (Å²) >= 11 is 1.74. The average Bonchev–Trinajstić information content (AvgIpc) is 3.06. The van der Waals surface area contributed by atoms with E-state index in [2.05, 4.69) is 53.8 Å². The van der Waals surface area contributed by atoms with E-state index in [1.165, 1.54) is 23.3 Å². The number of rotatable bonds is 7. The molecule has 0 aliphatic carbocycles. The zero-order chi connectivity index (χ0) is 13.7. The largest absolute Gasteiger partial charge is 0.310 e. The molecule has 0 saturated heterocycles. The van der Waals surface area contributed by atoms with Crippen molar-refractivity contribution >= 4 is 11.3 Å². The minimum Gasteiger partial charge on any atom is -0.310 e. The maximum atomic E-state index is 4.17. The van der Waals surface area contributed by atoms with Crippen LogP contribution in [0.5, 0.6) is 0 Å². The number of hydrogen-bond donors (Lipinski definition) is 2. The fourth-order valence-electron chi connectivity index (χ4n) is 2.22. The molecule has 0 fully saturated rings. The van der Waals surface area contributed by atoms with Crippen molar-refractivity contribution in [3.8, 4) is 10.6 Å². The summed E-state index contributed by atoms with van der Waals surface area (Å²) < 4.78 is 0. The second kappa shape index (κ2) is 6.87. The summed E-state index contributed by atoms with van der Waals surface area (Å²) in [6.45, 7) is 7.70. The molecule has 19 heavy (non-hydrogen) atoms. The Bertz CT molecular complexity index is 475. The standard InChI is InChI=1S/C15H23N3S/c1-4-11(2)8-12(3)16-9-13-10-17-18-15(13)14-6-5-7-19-14/h5-7,10-12,16H,4,8-9H2,1-3H3,(H,17,18). The Morgan fingerprint density at radius 1 is 1.42 bits per heavy atom. The smallest absolute Gasteiger partial charge is 0.0794 e. The number of nitrogens with zero attached hydrogens (tertiary/aromatic N) is 1. The predicted molar refractivity (Wildman–Crippen MR) is 82.3 cm³/mol. The van der Waals surface area contributed by atoms with Gasteiger partial charge < -0.3 is 5.32 Å². The predicted octanol–water partition coefficient (Wildman–Crippen LogP) is 4.05. The number of nitrogens with one attached hydrogen (secondary N) is 2. The third-order valence-electron chi connectivity index (χ3n) is 3.58. The first kappa shape index (κ1) is 14.3. The number of aromatic nitrogens is 2. The van der Waals surface area contributed by atoms with E-state index in [0.29, 0.717) is 6.04 Å². The summed E-state index contributed by atoms with van der Waals surface area (Å²) in [5, 5.41) is 13.0. The van der Waals surface area contributed by atoms with Gasteiger partial charge in [0.25, 0.3) is 0 Å². The fraction of sp³-hybridized carbons (Fsp3) is 0.533. The highest BCUT2D eigenvalue weighted by Crippen LogP contribution is 2.25. The van der Waals surface area contributed by atoms with Crippen molar-refractivity contribution in [3.63, 3.8) is 0 Å². The van der Waals surface area contributed by atoms with Gasteiger partial charge in [-0.2, -0.15) is 5.10 Å². The van der Waals surface area contributed by atoms with E-state index < -0.39 is 0 Å². The molecule has 3 nitrogen and oxygen atoms in total. The Morgan fingerprint density at radius 2 is 2.26 bits per heavy atom. The van der Waals surface area contributed by atoms with Crippen LogP contribution < -0.4 is 5.32 Å². The molecule has 2 unspecified atom stereocenters. The van der Waals surface area contributed by atoms with Crippen molar-refractivity contribution in [1.82, 2.24) is 15.5 Å². The summed E-state index contributed by atoms with van der Waals surface area (Å²) in [6.07, 6.45) is 4.40. The zero-order valence-electron chi connectivity index (χ0n) is 11.9. The monoisotopic (exact) mass is 277 g/mol. The van der Waals surface area contributed by atoms with Crippen LogP contribution in [0.25, 0.3) is 10.6 Å². The lowest BCUT2D eigenvalue weighted by Gasteiger charge is -2.17. The van der Waals surface area contributed by atoms with E-state index in [9.17, 15) is 0 Å². The van der Waals surface area contributed by atoms with E-state index in [1.807, 2.05) is 6.20 Å². The molecule has 0 amide bonds. The normalized spacial score (nSPS) is 14.5. The molecular weight excluding hydrogens is 254 g/mol. The van der Waals surface area contributed by atoms with Gasteiger partial charge in [-0.05, 0) is 30.7 Å². The molecule has 2 heterocycles. The second-order valence-electron chi connectivity index (χ2n) is 5.28. The molecule has 0 saturated carbocycles. The van der Waals surface area contributed by atoms with Gasteiger partial charge in [0.05, 0.1) is 16.8 Å². The summed E-state index contributed by atoms with van der Waals surface area (Å²) in [4.78, 5) is 1.25. The first-order valence-corrected chi connectivity index (χ1v) is 7.88. The van der Waals surface area contributed by atoms with Crippen LogP contribution in [-0.2, 0) is 6.54 Å². The van der Waals surface area contributed by atoms with Gasteiger partial charge in [0, 0.05) is 18.2 Å². The van der Waals surface area contributed by atoms with Gasteiger partial charge in [0.1, 0.15) is 0 Å². The quantitative estimate of drug-likeness (QED) is 0.801. The molecule has 2 rings (SSSR count). The van der Waals surface area contributed by atoms with E-state index >= 15 is 0 Å². The van der Waals surface area contributed by atoms with E-state index in [-0.39, 0.29) is 0 Å². The van der Waals surface area contributed by atoms with Crippen LogP contribution >= 0.6 is 11.3 Å². The van der Waals surface area contributed by atoms with Gasteiger partial charge in [0.2, 0.25) is 0 Å². The van der Waals surface area contributed by atoms with Crippen LogP contribution in [0.1, 0.15) is 39.2 Å². The first-order chi connectivity index (χ1) is 9.20. The molecule has 104 valence electrons. The Balaban J connectivity index is 1.92. The van der Waals surface area contributed by atoms with Crippen molar-refractivity contribution in [2.75, 3.05) is 0 Å². The molecule has 2 N–H and O–H groups in total. The molecule has 2 aromatic rings. The van der Waals surface area contributed by atoms with Crippen LogP contribution in [0, 0.1) is 5.92 Å². The highest BCUT2D eigenvalue weighted by Gasteiger charge is 2.11. The topological polar surface area (TPSA) is 40.7 Å². The van der Waals surface area contributed by atoms with Gasteiger partial charge in [-0.25, -0.2) is 0 Å². The maximum absolute atomic E-state index is 4.17. The Labute approximate surface area is 119 Å². The zero-order valence-corrected chi connectivity index (χ0v) is 12.8. The number of thiophene rings is 1. The Hall–Kier alpha value is -1.13. The molecule has 4 heteroatoms. The maximum Gasteiger partial charge on any atom is 0.0794 e. The van der Waals surface area contributed by atoms with Gasteiger partial charge >= 0.3 is 0 Å². The lowest BCUT2D eigenvalue weighted by Crippen LogP contribution is -2.27. The van der Waals surface area contributed by atoms with E-state index in [4.69, 9.17) is 0 Å². The first-order valence-electron chi connectivity index (χ1n) is 7.00. The molecule has 0 spiro atoms. The van der Waals surface area contributed by atoms with Crippen LogP contribution in [0.4, 0.5) is 0 Å². The molecule has 0 aliphatic rings. The summed E-state index contributed by atoms with van der Waals surface area (Å²) in [7, 11) is 0. The van der Waals surface area contributed by atoms with E-state index in [0.717, 1.165) is 18.2 Å². The minimum atomic E-state index is 0.543. The minimum absolute atomic E-state index is 0.543. The van der Waals surface area contributed by atoms with Gasteiger partial charge in [0.15, 0.2) is 0 Å². The van der Waals surface area contributed by atoms with Gasteiger partial charge in [-0.1, -0.05) is 26.3 Å². The summed E-state index contributed by atoms with van der Waals surface area (Å²) in [5.41, 5.74) is 2.40. The summed E-state index contributed by atoms with van der Waals surface area (Å²) in [5.74, 6) is 0.781. The summed E-state index contributed by atoms with van der Waals surface area (Å²) in [6, 6.07) is 4.74. The lowest BCUT2D eigenvalue weighted by molar-refractivity contribution is 0.412. The van der Waals surface area contributed by atoms with Crippen molar-refractivity contribution in [2.45, 2.75) is 46.2 Å². The van der Waals surface area contributed by atoms with Gasteiger partial charge in [-0.15, -0.1) is 11.3 Å². The van der Waals surface area contributed by atoms with Crippen LogP contribution in [0.2, 0.25) is 0 Å². The lowest BCUT2D eigenvalue weighted by atomic mass is 10.0. The van der Waals surface area contributed by atoms with Crippen LogP contribution in [0.3, 0.4) is 0 Å². The Morgan fingerprint density at radius 3 is 2.95 bits per heavy atom. The molecule has 0 aliphatic heterocycles. The fourth-order valence-corrected chi connectivity index (χ4v) is 2.97. The molecular formula is C15H23N3S. The van der Waals surface area contributed by atoms with Crippen LogP contribution in [-0.4, -0.2) is 16.2 Å². The van der Waals surface area contributed by atoms with Crippen molar-refractivity contribution in [3.05, 3.63) is 29.3 Å². The van der Waals surface area contributed by atoms with Crippen LogP contribution in [0.15, 0.2) is 23.7 Å². The number of aromatic amines is 1. The molecule has 0 aromatic carbocycles. The third-order valence-corrected chi connectivity index (χ3v) is 4.47. The van der Waals surface area contributed by atoms with Crippen molar-refractivity contribution in [2.24, 2.45) is 5.92 Å². The third kappa shape index (κ3) is 3.91. The molecule has 0 bridgehead atoms. The average molecular weight is 277 g/mol. The SMILES string of the molecule is CCC(C)CC(C)NCc1cn[nH]c1-c1cccs1. The molecule has 2 aromatic heterocycles. The number of hydrogen-bond acceptors (Lipinski definition) is 3. The van der Waals surface area contributed by atoms with Crippen molar-refractivity contribution < 1.29 is 0 Å².